The predicted octanol–water partition coefficient (Wildman–Crippen LogP) is 2.84. The number of hydrogen-bond donors (Lipinski definition) is 1. The van der Waals surface area contributed by atoms with Gasteiger partial charge in [-0.15, -0.1) is 0 Å². The largest absolute Gasteiger partial charge is 0.320 e. The minimum absolute atomic E-state index is 0.156. The summed E-state index contributed by atoms with van der Waals surface area (Å²) in [5, 5.41) is 4.65. The van der Waals surface area contributed by atoms with Gasteiger partial charge in [0.25, 0.3) is 0 Å². The maximum atomic E-state index is 6.06. The molecule has 0 aliphatic carbocycles. The molecule has 1 unspecified atom stereocenters. The van der Waals surface area contributed by atoms with Gasteiger partial charge in [-0.2, -0.15) is 11.3 Å². The van der Waals surface area contributed by atoms with Crippen LogP contribution in [0.3, 0.4) is 0 Å². The Kier molecular flexibility index (Phi) is 2.82. The number of hydrogen-bond acceptors (Lipinski definition) is 3. The van der Waals surface area contributed by atoms with E-state index in [1.165, 1.54) is 0 Å². The molecule has 2 rings (SSSR count). The second kappa shape index (κ2) is 4.09. The van der Waals surface area contributed by atoms with Crippen molar-refractivity contribution in [2.24, 2.45) is 5.73 Å². The molecular weight excluding hydrogens is 216 g/mol. The number of thiophene rings is 1. The third-order valence-electron chi connectivity index (χ3n) is 2.04. The Morgan fingerprint density at radius 2 is 2.29 bits per heavy atom. The van der Waals surface area contributed by atoms with Crippen molar-refractivity contribution in [3.05, 3.63) is 51.4 Å². The van der Waals surface area contributed by atoms with Crippen LogP contribution >= 0.6 is 22.9 Å². The zero-order valence-corrected chi connectivity index (χ0v) is 8.92. The average molecular weight is 225 g/mol. The SMILES string of the molecule is NC(c1ccsc1)c1ccncc1Cl. The molecule has 4 heteroatoms. The molecular formula is C10H9ClN2S. The number of nitrogens with two attached hydrogens (primary N) is 1. The van der Waals surface area contributed by atoms with Gasteiger partial charge >= 0.3 is 0 Å². The summed E-state index contributed by atoms with van der Waals surface area (Å²) in [6.07, 6.45) is 3.32. The summed E-state index contributed by atoms with van der Waals surface area (Å²) in [6, 6.07) is 3.70. The summed E-state index contributed by atoms with van der Waals surface area (Å²) in [6.45, 7) is 0. The molecule has 0 spiro atoms. The molecule has 0 aromatic carbocycles. The first-order chi connectivity index (χ1) is 6.79. The zero-order chi connectivity index (χ0) is 9.97. The van der Waals surface area contributed by atoms with Gasteiger partial charge in [0, 0.05) is 12.4 Å². The normalized spacial score (nSPS) is 12.7. The molecule has 0 saturated heterocycles. The van der Waals surface area contributed by atoms with Gasteiger partial charge in [-0.05, 0) is 34.0 Å². The second-order valence-electron chi connectivity index (χ2n) is 2.93. The van der Waals surface area contributed by atoms with Crippen molar-refractivity contribution < 1.29 is 0 Å². The summed E-state index contributed by atoms with van der Waals surface area (Å²) in [4.78, 5) is 3.92. The topological polar surface area (TPSA) is 38.9 Å². The van der Waals surface area contributed by atoms with Crippen LogP contribution in [0.4, 0.5) is 0 Å². The Hall–Kier alpha value is -0.900. The van der Waals surface area contributed by atoms with E-state index in [2.05, 4.69) is 4.98 Å². The van der Waals surface area contributed by atoms with E-state index in [-0.39, 0.29) is 6.04 Å². The monoisotopic (exact) mass is 224 g/mol. The first-order valence-electron chi connectivity index (χ1n) is 4.16. The van der Waals surface area contributed by atoms with Crippen molar-refractivity contribution in [1.29, 1.82) is 0 Å². The molecule has 2 nitrogen and oxygen atoms in total. The van der Waals surface area contributed by atoms with Crippen LogP contribution in [0.15, 0.2) is 35.3 Å². The number of halogens is 1. The fraction of sp³-hybridized carbons (Fsp3) is 0.100. The number of rotatable bonds is 2. The minimum atomic E-state index is -0.156. The number of aromatic nitrogens is 1. The lowest BCUT2D eigenvalue weighted by molar-refractivity contribution is 0.873. The molecule has 1 atom stereocenters. The maximum absolute atomic E-state index is 6.06. The summed E-state index contributed by atoms with van der Waals surface area (Å²) in [5.41, 5.74) is 8.06. The van der Waals surface area contributed by atoms with Gasteiger partial charge < -0.3 is 5.73 Å². The van der Waals surface area contributed by atoms with E-state index >= 15 is 0 Å². The molecule has 0 aliphatic rings. The predicted molar refractivity (Wildman–Crippen MR) is 59.6 cm³/mol. The molecule has 0 amide bonds. The van der Waals surface area contributed by atoms with E-state index in [9.17, 15) is 0 Å². The van der Waals surface area contributed by atoms with Crippen LogP contribution in [0.25, 0.3) is 0 Å². The average Bonchev–Trinajstić information content (AvgIpc) is 2.70. The Morgan fingerprint density at radius 1 is 1.43 bits per heavy atom. The highest BCUT2D eigenvalue weighted by Crippen LogP contribution is 2.26. The minimum Gasteiger partial charge on any atom is -0.320 e. The van der Waals surface area contributed by atoms with Crippen molar-refractivity contribution in [2.75, 3.05) is 0 Å². The van der Waals surface area contributed by atoms with Gasteiger partial charge in [0.1, 0.15) is 0 Å². The summed E-state index contributed by atoms with van der Waals surface area (Å²) >= 11 is 7.63. The quantitative estimate of drug-likeness (QED) is 0.852. The van der Waals surface area contributed by atoms with Crippen molar-refractivity contribution >= 4 is 22.9 Å². The Morgan fingerprint density at radius 3 is 2.93 bits per heavy atom. The highest BCUT2D eigenvalue weighted by molar-refractivity contribution is 7.08. The van der Waals surface area contributed by atoms with E-state index in [1.54, 1.807) is 23.7 Å². The van der Waals surface area contributed by atoms with E-state index in [1.807, 2.05) is 22.9 Å². The van der Waals surface area contributed by atoms with Crippen LogP contribution in [0.5, 0.6) is 0 Å². The fourth-order valence-corrected chi connectivity index (χ4v) is 2.20. The molecule has 0 fully saturated rings. The lowest BCUT2D eigenvalue weighted by atomic mass is 10.0. The van der Waals surface area contributed by atoms with Gasteiger partial charge in [0.15, 0.2) is 0 Å². The van der Waals surface area contributed by atoms with Gasteiger partial charge in [-0.25, -0.2) is 0 Å². The third kappa shape index (κ3) is 1.80. The maximum Gasteiger partial charge on any atom is 0.0640 e. The van der Waals surface area contributed by atoms with Crippen molar-refractivity contribution in [3.8, 4) is 0 Å². The molecule has 2 aromatic rings. The number of nitrogens with zero attached hydrogens (tertiary/aromatic N) is 1. The van der Waals surface area contributed by atoms with Crippen molar-refractivity contribution in [1.82, 2.24) is 4.98 Å². The zero-order valence-electron chi connectivity index (χ0n) is 7.35. The van der Waals surface area contributed by atoms with Crippen molar-refractivity contribution in [2.45, 2.75) is 6.04 Å². The molecule has 2 heterocycles. The summed E-state index contributed by atoms with van der Waals surface area (Å²) in [7, 11) is 0. The molecule has 0 bridgehead atoms. The smallest absolute Gasteiger partial charge is 0.0640 e. The van der Waals surface area contributed by atoms with Crippen LogP contribution in [0, 0.1) is 0 Å². The fourth-order valence-electron chi connectivity index (χ4n) is 1.27. The molecule has 2 aromatic heterocycles. The summed E-state index contributed by atoms with van der Waals surface area (Å²) < 4.78 is 0. The van der Waals surface area contributed by atoms with Crippen LogP contribution in [-0.2, 0) is 0 Å². The molecule has 0 radical (unpaired) electrons. The Bertz CT molecular complexity index is 414. The second-order valence-corrected chi connectivity index (χ2v) is 4.12. The summed E-state index contributed by atoms with van der Waals surface area (Å²) in [5.74, 6) is 0. The van der Waals surface area contributed by atoms with Crippen LogP contribution in [-0.4, -0.2) is 4.98 Å². The van der Waals surface area contributed by atoms with E-state index in [4.69, 9.17) is 17.3 Å². The van der Waals surface area contributed by atoms with Crippen LogP contribution in [0.2, 0.25) is 5.02 Å². The molecule has 14 heavy (non-hydrogen) atoms. The van der Waals surface area contributed by atoms with Gasteiger partial charge in [0.2, 0.25) is 0 Å². The van der Waals surface area contributed by atoms with Gasteiger partial charge in [-0.3, -0.25) is 4.98 Å². The molecule has 0 aliphatic heterocycles. The van der Waals surface area contributed by atoms with E-state index in [0.717, 1.165) is 11.1 Å². The highest BCUT2D eigenvalue weighted by atomic mass is 35.5. The Labute approximate surface area is 91.4 Å². The first kappa shape index (κ1) is 9.65. The molecule has 72 valence electrons. The standard InChI is InChI=1S/C10H9ClN2S/c11-9-5-13-3-1-8(9)10(12)7-2-4-14-6-7/h1-6,10H,12H2. The molecule has 0 saturated carbocycles. The van der Waals surface area contributed by atoms with E-state index < -0.39 is 0 Å². The van der Waals surface area contributed by atoms with Crippen LogP contribution < -0.4 is 5.73 Å². The third-order valence-corrected chi connectivity index (χ3v) is 3.06. The lowest BCUT2D eigenvalue weighted by Gasteiger charge is -2.11. The molecule has 2 N–H and O–H groups in total. The van der Waals surface area contributed by atoms with Gasteiger partial charge in [-0.1, -0.05) is 11.6 Å². The van der Waals surface area contributed by atoms with Crippen LogP contribution in [0.1, 0.15) is 17.2 Å². The first-order valence-corrected chi connectivity index (χ1v) is 5.48. The lowest BCUT2D eigenvalue weighted by Crippen LogP contribution is -2.11. The van der Waals surface area contributed by atoms with Crippen molar-refractivity contribution in [3.63, 3.8) is 0 Å². The van der Waals surface area contributed by atoms with E-state index in [0.29, 0.717) is 5.02 Å². The Balaban J connectivity index is 2.37. The highest BCUT2D eigenvalue weighted by Gasteiger charge is 2.11. The number of pyridine rings is 1. The van der Waals surface area contributed by atoms with Gasteiger partial charge in [0.05, 0.1) is 11.1 Å².